The Morgan fingerprint density at radius 2 is 1.75 bits per heavy atom. The summed E-state index contributed by atoms with van der Waals surface area (Å²) in [6.45, 7) is 7.81. The molecule has 0 N–H and O–H groups in total. The van der Waals surface area contributed by atoms with Crippen LogP contribution in [0.2, 0.25) is 0 Å². The summed E-state index contributed by atoms with van der Waals surface area (Å²) < 4.78 is 5.74. The van der Waals surface area contributed by atoms with Gasteiger partial charge in [0.25, 0.3) is 0 Å². The third kappa shape index (κ3) is 5.69. The summed E-state index contributed by atoms with van der Waals surface area (Å²) in [5.41, 5.74) is 2.06. The molecular weight excluding hydrogens is 398 g/mol. The number of pyridine rings is 1. The van der Waals surface area contributed by atoms with Gasteiger partial charge in [-0.05, 0) is 70.2 Å². The summed E-state index contributed by atoms with van der Waals surface area (Å²) in [4.78, 5) is 22.2. The van der Waals surface area contributed by atoms with Gasteiger partial charge in [-0.2, -0.15) is 0 Å². The second-order valence-corrected chi connectivity index (χ2v) is 10.2. The van der Waals surface area contributed by atoms with E-state index >= 15 is 0 Å². The van der Waals surface area contributed by atoms with Crippen LogP contribution >= 0.6 is 0 Å². The van der Waals surface area contributed by atoms with E-state index in [0.29, 0.717) is 11.9 Å². The van der Waals surface area contributed by atoms with Crippen LogP contribution < -0.4 is 4.90 Å². The highest BCUT2D eigenvalue weighted by Crippen LogP contribution is 2.34. The van der Waals surface area contributed by atoms with Crippen LogP contribution in [0.5, 0.6) is 0 Å². The molecular formula is C27H37N3O2. The predicted octanol–water partition coefficient (Wildman–Crippen LogP) is 6.49. The van der Waals surface area contributed by atoms with E-state index in [2.05, 4.69) is 41.3 Å². The van der Waals surface area contributed by atoms with Crippen LogP contribution in [0.3, 0.4) is 0 Å². The number of benzene rings is 1. The van der Waals surface area contributed by atoms with Crippen molar-refractivity contribution >= 4 is 11.9 Å². The maximum Gasteiger partial charge on any atom is 0.416 e. The van der Waals surface area contributed by atoms with Crippen molar-refractivity contribution in [2.45, 2.75) is 89.9 Å². The van der Waals surface area contributed by atoms with Gasteiger partial charge in [0.2, 0.25) is 0 Å². The zero-order valence-electron chi connectivity index (χ0n) is 19.8. The third-order valence-electron chi connectivity index (χ3n) is 6.52. The molecule has 1 saturated carbocycles. The van der Waals surface area contributed by atoms with Gasteiger partial charge in [0.05, 0.1) is 0 Å². The molecule has 0 radical (unpaired) electrons. The molecule has 0 unspecified atom stereocenters. The van der Waals surface area contributed by atoms with Crippen LogP contribution in [-0.2, 0) is 11.3 Å². The second-order valence-electron chi connectivity index (χ2n) is 10.2. The van der Waals surface area contributed by atoms with E-state index in [1.165, 1.54) is 24.0 Å². The Balaban J connectivity index is 1.53. The van der Waals surface area contributed by atoms with Gasteiger partial charge >= 0.3 is 6.09 Å². The Bertz CT molecular complexity index is 870. The molecule has 0 spiro atoms. The minimum absolute atomic E-state index is 0.174. The summed E-state index contributed by atoms with van der Waals surface area (Å²) in [5, 5.41) is 0. The summed E-state index contributed by atoms with van der Waals surface area (Å²) in [6, 6.07) is 15.4. The molecule has 2 heterocycles. The minimum Gasteiger partial charge on any atom is -0.443 e. The van der Waals surface area contributed by atoms with Gasteiger partial charge < -0.3 is 4.74 Å². The Hall–Kier alpha value is -2.40. The number of ether oxygens (including phenoxy) is 1. The molecule has 4 rings (SSSR count). The van der Waals surface area contributed by atoms with Gasteiger partial charge in [-0.1, -0.05) is 55.7 Å². The fraction of sp³-hybridized carbons (Fsp3) is 0.556. The smallest absolute Gasteiger partial charge is 0.416 e. The van der Waals surface area contributed by atoms with Crippen LogP contribution in [-0.4, -0.2) is 34.2 Å². The van der Waals surface area contributed by atoms with E-state index in [-0.39, 0.29) is 12.1 Å². The van der Waals surface area contributed by atoms with E-state index in [0.717, 1.165) is 45.2 Å². The maximum atomic E-state index is 13.0. The predicted molar refractivity (Wildman–Crippen MR) is 129 cm³/mol. The van der Waals surface area contributed by atoms with Crippen LogP contribution in [0.1, 0.15) is 82.9 Å². The van der Waals surface area contributed by atoms with E-state index in [9.17, 15) is 4.79 Å². The summed E-state index contributed by atoms with van der Waals surface area (Å²) in [7, 11) is 0. The lowest BCUT2D eigenvalue weighted by Gasteiger charge is -2.36. The van der Waals surface area contributed by atoms with Crippen molar-refractivity contribution in [3.05, 3.63) is 59.8 Å². The van der Waals surface area contributed by atoms with E-state index in [1.807, 2.05) is 33.0 Å². The van der Waals surface area contributed by atoms with Crippen LogP contribution in [0.4, 0.5) is 10.6 Å². The Morgan fingerprint density at radius 1 is 1.03 bits per heavy atom. The molecule has 5 nitrogen and oxygen atoms in total. The molecule has 2 aromatic rings. The number of amides is 1. The number of nitrogens with zero attached hydrogens (tertiary/aromatic N) is 3. The Kier molecular flexibility index (Phi) is 7.14. The van der Waals surface area contributed by atoms with Crippen LogP contribution in [0.25, 0.3) is 0 Å². The fourth-order valence-corrected chi connectivity index (χ4v) is 5.02. The Labute approximate surface area is 192 Å². The number of hydrogen-bond acceptors (Lipinski definition) is 4. The van der Waals surface area contributed by atoms with E-state index in [4.69, 9.17) is 9.72 Å². The first-order valence-corrected chi connectivity index (χ1v) is 12.2. The second kappa shape index (κ2) is 10.0. The molecule has 2 aliphatic rings. The number of likely N-dealkylation sites (tertiary alicyclic amines) is 1. The highest BCUT2D eigenvalue weighted by atomic mass is 16.6. The highest BCUT2D eigenvalue weighted by molar-refractivity contribution is 5.87. The fourth-order valence-electron chi connectivity index (χ4n) is 5.02. The van der Waals surface area contributed by atoms with Crippen molar-refractivity contribution < 1.29 is 9.53 Å². The third-order valence-corrected chi connectivity index (χ3v) is 6.52. The van der Waals surface area contributed by atoms with Crippen molar-refractivity contribution in [2.75, 3.05) is 11.4 Å². The van der Waals surface area contributed by atoms with Gasteiger partial charge in [0.1, 0.15) is 11.4 Å². The van der Waals surface area contributed by atoms with E-state index < -0.39 is 5.60 Å². The van der Waals surface area contributed by atoms with Gasteiger partial charge in [-0.15, -0.1) is 0 Å². The number of carbonyl (C=O) groups excluding carboxylic acids is 1. The van der Waals surface area contributed by atoms with Gasteiger partial charge in [0.15, 0.2) is 0 Å². The van der Waals surface area contributed by atoms with E-state index in [1.54, 1.807) is 4.90 Å². The molecule has 1 saturated heterocycles. The zero-order valence-corrected chi connectivity index (χ0v) is 19.8. The minimum atomic E-state index is -0.520. The molecule has 1 aliphatic heterocycles. The number of aromatic nitrogens is 1. The molecule has 1 atom stereocenters. The first-order chi connectivity index (χ1) is 15.4. The van der Waals surface area contributed by atoms with Gasteiger partial charge in [-0.3, -0.25) is 9.80 Å². The number of rotatable bonds is 5. The summed E-state index contributed by atoms with van der Waals surface area (Å²) in [5.74, 6) is 0.709. The molecule has 1 aromatic heterocycles. The normalized spacial score (nSPS) is 20.3. The van der Waals surface area contributed by atoms with Crippen molar-refractivity contribution in [1.29, 1.82) is 0 Å². The number of carbonyl (C=O) groups is 1. The SMILES string of the molecule is CC(C)(C)OC(=O)N(c1ccc([C@H]2CCCCN2Cc2ccccc2)cn1)C1CCCC1. The average Bonchev–Trinajstić information content (AvgIpc) is 3.29. The quantitative estimate of drug-likeness (QED) is 0.538. The largest absolute Gasteiger partial charge is 0.443 e. The molecule has 1 aliphatic carbocycles. The first kappa shape index (κ1) is 22.8. The lowest BCUT2D eigenvalue weighted by Crippen LogP contribution is -2.43. The van der Waals surface area contributed by atoms with Crippen LogP contribution in [0, 0.1) is 0 Å². The lowest BCUT2D eigenvalue weighted by atomic mass is 9.95. The molecule has 2 fully saturated rings. The first-order valence-electron chi connectivity index (χ1n) is 12.2. The molecule has 1 aromatic carbocycles. The van der Waals surface area contributed by atoms with Crippen molar-refractivity contribution in [3.8, 4) is 0 Å². The maximum absolute atomic E-state index is 13.0. The monoisotopic (exact) mass is 435 g/mol. The molecule has 5 heteroatoms. The molecule has 172 valence electrons. The number of anilines is 1. The highest BCUT2D eigenvalue weighted by Gasteiger charge is 2.33. The molecule has 0 bridgehead atoms. The molecule has 1 amide bonds. The summed E-state index contributed by atoms with van der Waals surface area (Å²) >= 11 is 0. The topological polar surface area (TPSA) is 45.7 Å². The van der Waals surface area contributed by atoms with Crippen molar-refractivity contribution in [1.82, 2.24) is 9.88 Å². The summed E-state index contributed by atoms with van der Waals surface area (Å²) in [6.07, 6.45) is 9.64. The lowest BCUT2D eigenvalue weighted by molar-refractivity contribution is 0.0564. The Morgan fingerprint density at radius 3 is 2.41 bits per heavy atom. The molecule has 32 heavy (non-hydrogen) atoms. The van der Waals surface area contributed by atoms with Gasteiger partial charge in [0, 0.05) is 24.8 Å². The van der Waals surface area contributed by atoms with Crippen molar-refractivity contribution in [3.63, 3.8) is 0 Å². The van der Waals surface area contributed by atoms with Gasteiger partial charge in [-0.25, -0.2) is 9.78 Å². The van der Waals surface area contributed by atoms with Crippen LogP contribution in [0.15, 0.2) is 48.7 Å². The standard InChI is InChI=1S/C27H37N3O2/c1-27(2,3)32-26(31)30(23-13-7-8-14-23)25-17-16-22(19-28-25)24-15-9-10-18-29(24)20-21-11-5-4-6-12-21/h4-6,11-12,16-17,19,23-24H,7-10,13-15,18,20H2,1-3H3/t24-/m1/s1. The average molecular weight is 436 g/mol. The zero-order chi connectivity index (χ0) is 22.6. The number of piperidine rings is 1. The van der Waals surface area contributed by atoms with Crippen molar-refractivity contribution in [2.24, 2.45) is 0 Å². The number of hydrogen-bond donors (Lipinski definition) is 0.